The summed E-state index contributed by atoms with van der Waals surface area (Å²) < 4.78 is 11.9. The number of piperidine rings is 1. The standard InChI is InChI=1S/C20H37N3O2/c1-20(10-4-5-11-20)16-22-19(21-2)23-12-8-17(9-13-23)25-15-18-7-3-6-14-24-18/h17-18H,3-16H2,1-2H3,(H,21,22). The summed E-state index contributed by atoms with van der Waals surface area (Å²) in [5.41, 5.74) is 0.456. The van der Waals surface area contributed by atoms with E-state index in [0.717, 1.165) is 58.1 Å². The van der Waals surface area contributed by atoms with Gasteiger partial charge in [-0.05, 0) is 50.4 Å². The molecule has 0 bridgehead atoms. The Morgan fingerprint density at radius 3 is 2.56 bits per heavy atom. The van der Waals surface area contributed by atoms with Gasteiger partial charge in [-0.25, -0.2) is 0 Å². The molecule has 1 N–H and O–H groups in total. The van der Waals surface area contributed by atoms with E-state index in [0.29, 0.717) is 17.6 Å². The molecule has 1 atom stereocenters. The lowest BCUT2D eigenvalue weighted by Gasteiger charge is -2.36. The summed E-state index contributed by atoms with van der Waals surface area (Å²) in [6.45, 7) is 7.21. The minimum atomic E-state index is 0.327. The molecule has 5 nitrogen and oxygen atoms in total. The van der Waals surface area contributed by atoms with Crippen LogP contribution in [0.1, 0.15) is 64.7 Å². The van der Waals surface area contributed by atoms with E-state index in [-0.39, 0.29) is 0 Å². The van der Waals surface area contributed by atoms with Crippen LogP contribution in [0.3, 0.4) is 0 Å². The van der Waals surface area contributed by atoms with E-state index in [2.05, 4.69) is 22.1 Å². The number of likely N-dealkylation sites (tertiary alicyclic amines) is 1. The Balaban J connectivity index is 1.36. The Morgan fingerprint density at radius 1 is 1.16 bits per heavy atom. The molecule has 0 aromatic heterocycles. The molecule has 2 aliphatic heterocycles. The minimum Gasteiger partial charge on any atom is -0.376 e. The molecule has 1 saturated carbocycles. The van der Waals surface area contributed by atoms with Crippen LogP contribution in [0.25, 0.3) is 0 Å². The summed E-state index contributed by atoms with van der Waals surface area (Å²) in [6, 6.07) is 0. The number of ether oxygens (including phenoxy) is 2. The molecule has 1 unspecified atom stereocenters. The summed E-state index contributed by atoms with van der Waals surface area (Å²) in [4.78, 5) is 6.92. The second-order valence-electron chi connectivity index (χ2n) is 8.43. The summed E-state index contributed by atoms with van der Waals surface area (Å²) >= 11 is 0. The first kappa shape index (κ1) is 19.0. The maximum absolute atomic E-state index is 6.13. The van der Waals surface area contributed by atoms with Crippen LogP contribution in [-0.2, 0) is 9.47 Å². The van der Waals surface area contributed by atoms with Gasteiger partial charge in [0.2, 0.25) is 0 Å². The van der Waals surface area contributed by atoms with Crippen molar-refractivity contribution < 1.29 is 9.47 Å². The van der Waals surface area contributed by atoms with Gasteiger partial charge in [-0.15, -0.1) is 0 Å². The van der Waals surface area contributed by atoms with Crippen LogP contribution in [0.15, 0.2) is 4.99 Å². The molecule has 0 aromatic carbocycles. The molecule has 5 heteroatoms. The van der Waals surface area contributed by atoms with Crippen molar-refractivity contribution >= 4 is 5.96 Å². The van der Waals surface area contributed by atoms with Crippen molar-refractivity contribution in [1.29, 1.82) is 0 Å². The fourth-order valence-corrected chi connectivity index (χ4v) is 4.45. The Bertz CT molecular complexity index is 421. The number of aliphatic imine (C=N–C) groups is 1. The minimum absolute atomic E-state index is 0.327. The Hall–Kier alpha value is -0.810. The molecule has 3 fully saturated rings. The highest BCUT2D eigenvalue weighted by molar-refractivity contribution is 5.80. The lowest BCUT2D eigenvalue weighted by Crippen LogP contribution is -2.49. The van der Waals surface area contributed by atoms with E-state index in [4.69, 9.17) is 9.47 Å². The van der Waals surface area contributed by atoms with Gasteiger partial charge in [-0.2, -0.15) is 0 Å². The molecule has 0 aromatic rings. The zero-order chi connectivity index (χ0) is 17.5. The highest BCUT2D eigenvalue weighted by Gasteiger charge is 2.30. The van der Waals surface area contributed by atoms with Gasteiger partial charge >= 0.3 is 0 Å². The monoisotopic (exact) mass is 351 g/mol. The van der Waals surface area contributed by atoms with Gasteiger partial charge in [0, 0.05) is 33.3 Å². The first-order valence-corrected chi connectivity index (χ1v) is 10.4. The summed E-state index contributed by atoms with van der Waals surface area (Å²) in [6.07, 6.45) is 12.0. The van der Waals surface area contributed by atoms with Gasteiger partial charge in [0.15, 0.2) is 5.96 Å². The van der Waals surface area contributed by atoms with Crippen molar-refractivity contribution in [1.82, 2.24) is 10.2 Å². The zero-order valence-electron chi connectivity index (χ0n) is 16.3. The van der Waals surface area contributed by atoms with Crippen LogP contribution in [0, 0.1) is 5.41 Å². The van der Waals surface area contributed by atoms with Crippen LogP contribution in [0.4, 0.5) is 0 Å². The second-order valence-corrected chi connectivity index (χ2v) is 8.43. The van der Waals surface area contributed by atoms with E-state index in [1.807, 2.05) is 7.05 Å². The van der Waals surface area contributed by atoms with Gasteiger partial charge in [0.1, 0.15) is 0 Å². The average Bonchev–Trinajstić information content (AvgIpc) is 3.09. The van der Waals surface area contributed by atoms with Crippen molar-refractivity contribution in [3.8, 4) is 0 Å². The van der Waals surface area contributed by atoms with Gasteiger partial charge in [0.05, 0.1) is 18.8 Å². The molecular formula is C20H37N3O2. The van der Waals surface area contributed by atoms with Crippen molar-refractivity contribution in [2.45, 2.75) is 76.9 Å². The topological polar surface area (TPSA) is 46.1 Å². The van der Waals surface area contributed by atoms with Crippen molar-refractivity contribution in [3.63, 3.8) is 0 Å². The average molecular weight is 352 g/mol. The van der Waals surface area contributed by atoms with E-state index < -0.39 is 0 Å². The molecule has 2 saturated heterocycles. The number of nitrogens with one attached hydrogen (secondary N) is 1. The molecule has 0 amide bonds. The molecule has 0 spiro atoms. The lowest BCUT2D eigenvalue weighted by molar-refractivity contribution is -0.0721. The van der Waals surface area contributed by atoms with Crippen LogP contribution in [0.5, 0.6) is 0 Å². The van der Waals surface area contributed by atoms with Crippen LogP contribution < -0.4 is 5.32 Å². The fraction of sp³-hybridized carbons (Fsp3) is 0.950. The summed E-state index contributed by atoms with van der Waals surface area (Å²) in [5.74, 6) is 1.07. The number of rotatable bonds is 5. The van der Waals surface area contributed by atoms with Crippen LogP contribution >= 0.6 is 0 Å². The quantitative estimate of drug-likeness (QED) is 0.610. The van der Waals surface area contributed by atoms with Crippen molar-refractivity contribution in [2.75, 3.05) is 39.9 Å². The van der Waals surface area contributed by atoms with E-state index >= 15 is 0 Å². The largest absolute Gasteiger partial charge is 0.376 e. The van der Waals surface area contributed by atoms with Gasteiger partial charge in [-0.3, -0.25) is 4.99 Å². The third kappa shape index (κ3) is 5.58. The Morgan fingerprint density at radius 2 is 1.92 bits per heavy atom. The van der Waals surface area contributed by atoms with Crippen molar-refractivity contribution in [2.24, 2.45) is 10.4 Å². The number of hydrogen-bond donors (Lipinski definition) is 1. The lowest BCUT2D eigenvalue weighted by atomic mass is 9.89. The zero-order valence-corrected chi connectivity index (χ0v) is 16.3. The molecule has 3 aliphatic rings. The van der Waals surface area contributed by atoms with E-state index in [1.165, 1.54) is 38.5 Å². The number of guanidine groups is 1. The highest BCUT2D eigenvalue weighted by atomic mass is 16.5. The van der Waals surface area contributed by atoms with Crippen molar-refractivity contribution in [3.05, 3.63) is 0 Å². The maximum atomic E-state index is 6.13. The molecule has 144 valence electrons. The molecule has 1 aliphatic carbocycles. The second kappa shape index (κ2) is 9.22. The first-order chi connectivity index (χ1) is 12.2. The fourth-order valence-electron chi connectivity index (χ4n) is 4.45. The first-order valence-electron chi connectivity index (χ1n) is 10.4. The van der Waals surface area contributed by atoms with E-state index in [9.17, 15) is 0 Å². The normalized spacial score (nSPS) is 28.3. The molecular weight excluding hydrogens is 314 g/mol. The summed E-state index contributed by atoms with van der Waals surface area (Å²) in [7, 11) is 1.91. The van der Waals surface area contributed by atoms with Crippen LogP contribution in [0.2, 0.25) is 0 Å². The number of nitrogens with zero attached hydrogens (tertiary/aromatic N) is 2. The molecule has 0 radical (unpaired) electrons. The highest BCUT2D eigenvalue weighted by Crippen LogP contribution is 2.36. The predicted molar refractivity (Wildman–Crippen MR) is 102 cm³/mol. The SMILES string of the molecule is CN=C(NCC1(C)CCCC1)N1CCC(OCC2CCCCO2)CC1. The third-order valence-electron chi connectivity index (χ3n) is 6.23. The van der Waals surface area contributed by atoms with Gasteiger partial charge in [0.25, 0.3) is 0 Å². The Labute approximate surface area is 153 Å². The predicted octanol–water partition coefficient (Wildman–Crippen LogP) is 3.19. The number of hydrogen-bond acceptors (Lipinski definition) is 3. The Kier molecular flexibility index (Phi) is 7.00. The van der Waals surface area contributed by atoms with Gasteiger partial charge in [-0.1, -0.05) is 19.8 Å². The van der Waals surface area contributed by atoms with E-state index in [1.54, 1.807) is 0 Å². The van der Waals surface area contributed by atoms with Crippen LogP contribution in [-0.4, -0.2) is 63.0 Å². The third-order valence-corrected chi connectivity index (χ3v) is 6.23. The molecule has 25 heavy (non-hydrogen) atoms. The molecule has 3 rings (SSSR count). The smallest absolute Gasteiger partial charge is 0.193 e. The summed E-state index contributed by atoms with van der Waals surface area (Å²) in [5, 5.41) is 3.64. The maximum Gasteiger partial charge on any atom is 0.193 e. The molecule has 2 heterocycles. The van der Waals surface area contributed by atoms with Gasteiger partial charge < -0.3 is 19.7 Å².